The standard InChI is InChI=1S/C6H8FN/c7-6-3-1-2-4(8)5(3)6/h1-6H,8H2/t3-,4+,5-,6-/m1/s1. The van der Waals surface area contributed by atoms with Crippen LogP contribution in [0.3, 0.4) is 0 Å². The van der Waals surface area contributed by atoms with Gasteiger partial charge < -0.3 is 5.73 Å². The van der Waals surface area contributed by atoms with Crippen LogP contribution in [0.25, 0.3) is 0 Å². The van der Waals surface area contributed by atoms with Gasteiger partial charge in [-0.05, 0) is 0 Å². The van der Waals surface area contributed by atoms with Gasteiger partial charge in [0, 0.05) is 17.9 Å². The molecule has 0 aromatic heterocycles. The molecule has 0 aliphatic heterocycles. The summed E-state index contributed by atoms with van der Waals surface area (Å²) in [6.45, 7) is 0. The summed E-state index contributed by atoms with van der Waals surface area (Å²) in [5.41, 5.74) is 5.48. The van der Waals surface area contributed by atoms with Crippen LogP contribution in [0.1, 0.15) is 0 Å². The number of halogens is 1. The third kappa shape index (κ3) is 0.348. The zero-order valence-electron chi connectivity index (χ0n) is 4.42. The Morgan fingerprint density at radius 3 is 2.38 bits per heavy atom. The topological polar surface area (TPSA) is 26.0 Å². The van der Waals surface area contributed by atoms with Gasteiger partial charge in [0.1, 0.15) is 6.17 Å². The van der Waals surface area contributed by atoms with Crippen LogP contribution in [0.5, 0.6) is 0 Å². The Kier molecular flexibility index (Phi) is 0.637. The zero-order valence-corrected chi connectivity index (χ0v) is 4.42. The summed E-state index contributed by atoms with van der Waals surface area (Å²) >= 11 is 0. The first kappa shape index (κ1) is 4.50. The SMILES string of the molecule is N[C@H]1C=C[C@H]2[C@@H](F)[C@H]21. The lowest BCUT2D eigenvalue weighted by atomic mass is 10.2. The summed E-state index contributed by atoms with van der Waals surface area (Å²) in [4.78, 5) is 0. The molecular weight excluding hydrogens is 105 g/mol. The summed E-state index contributed by atoms with van der Waals surface area (Å²) < 4.78 is 12.3. The Morgan fingerprint density at radius 2 is 2.12 bits per heavy atom. The molecule has 0 amide bonds. The van der Waals surface area contributed by atoms with Gasteiger partial charge >= 0.3 is 0 Å². The average molecular weight is 113 g/mol. The predicted molar refractivity (Wildman–Crippen MR) is 29.0 cm³/mol. The molecule has 1 saturated carbocycles. The number of hydrogen-bond donors (Lipinski definition) is 1. The molecule has 0 radical (unpaired) electrons. The molecule has 0 saturated heterocycles. The molecule has 1 nitrogen and oxygen atoms in total. The maximum atomic E-state index is 12.3. The van der Waals surface area contributed by atoms with Crippen LogP contribution in [-0.4, -0.2) is 12.2 Å². The predicted octanol–water partition coefficient (Wildman–Crippen LogP) is 0.468. The van der Waals surface area contributed by atoms with Crippen molar-refractivity contribution in [3.8, 4) is 0 Å². The van der Waals surface area contributed by atoms with Crippen molar-refractivity contribution in [2.24, 2.45) is 17.6 Å². The molecular formula is C6H8FN. The van der Waals surface area contributed by atoms with E-state index in [2.05, 4.69) is 0 Å². The summed E-state index contributed by atoms with van der Waals surface area (Å²) in [6.07, 6.45) is 3.17. The molecule has 0 aromatic carbocycles. The quantitative estimate of drug-likeness (QED) is 0.454. The van der Waals surface area contributed by atoms with Crippen LogP contribution < -0.4 is 5.73 Å². The van der Waals surface area contributed by atoms with Crippen LogP contribution in [0.2, 0.25) is 0 Å². The Morgan fingerprint density at radius 1 is 1.38 bits per heavy atom. The molecule has 2 aliphatic carbocycles. The van der Waals surface area contributed by atoms with Crippen molar-refractivity contribution in [3.63, 3.8) is 0 Å². The Hall–Kier alpha value is -0.370. The van der Waals surface area contributed by atoms with E-state index in [1.54, 1.807) is 0 Å². The van der Waals surface area contributed by atoms with Gasteiger partial charge in [0.15, 0.2) is 0 Å². The molecule has 1 fully saturated rings. The van der Waals surface area contributed by atoms with Crippen molar-refractivity contribution in [2.75, 3.05) is 0 Å². The first-order valence-electron chi connectivity index (χ1n) is 2.88. The molecule has 44 valence electrons. The molecule has 0 bridgehead atoms. The maximum absolute atomic E-state index is 12.3. The van der Waals surface area contributed by atoms with Gasteiger partial charge in [0.05, 0.1) is 0 Å². The third-order valence-electron chi connectivity index (χ3n) is 2.04. The van der Waals surface area contributed by atoms with Crippen molar-refractivity contribution in [1.29, 1.82) is 0 Å². The summed E-state index contributed by atoms with van der Waals surface area (Å²) in [7, 11) is 0. The summed E-state index contributed by atoms with van der Waals surface area (Å²) in [5.74, 6) is 0.333. The number of alkyl halides is 1. The highest BCUT2D eigenvalue weighted by Crippen LogP contribution is 2.49. The largest absolute Gasteiger partial charge is 0.324 e. The van der Waals surface area contributed by atoms with Crippen molar-refractivity contribution < 1.29 is 4.39 Å². The number of fused-ring (bicyclic) bond motifs is 1. The van der Waals surface area contributed by atoms with Crippen LogP contribution in [-0.2, 0) is 0 Å². The van der Waals surface area contributed by atoms with Crippen molar-refractivity contribution in [2.45, 2.75) is 12.2 Å². The minimum absolute atomic E-state index is 0.00926. The van der Waals surface area contributed by atoms with Crippen LogP contribution in [0, 0.1) is 11.8 Å². The number of rotatable bonds is 0. The lowest BCUT2D eigenvalue weighted by molar-refractivity contribution is 0.425. The summed E-state index contributed by atoms with van der Waals surface area (Å²) in [5, 5.41) is 0. The van der Waals surface area contributed by atoms with Gasteiger partial charge in [-0.2, -0.15) is 0 Å². The molecule has 8 heavy (non-hydrogen) atoms. The van der Waals surface area contributed by atoms with E-state index in [1.807, 2.05) is 12.2 Å². The molecule has 0 heterocycles. The minimum Gasteiger partial charge on any atom is -0.324 e. The fraction of sp³-hybridized carbons (Fsp3) is 0.667. The van der Waals surface area contributed by atoms with E-state index >= 15 is 0 Å². The Labute approximate surface area is 47.4 Å². The first-order valence-corrected chi connectivity index (χ1v) is 2.88. The van der Waals surface area contributed by atoms with Crippen molar-refractivity contribution in [1.82, 2.24) is 0 Å². The van der Waals surface area contributed by atoms with Gasteiger partial charge in [-0.3, -0.25) is 0 Å². The molecule has 0 spiro atoms. The maximum Gasteiger partial charge on any atom is 0.112 e. The Balaban J connectivity index is 2.18. The number of allylic oxidation sites excluding steroid dienone is 1. The summed E-state index contributed by atoms with van der Waals surface area (Å²) in [6, 6.07) is 0.00926. The second-order valence-electron chi connectivity index (χ2n) is 2.56. The molecule has 2 aliphatic rings. The fourth-order valence-electron chi connectivity index (χ4n) is 1.41. The van der Waals surface area contributed by atoms with Gasteiger partial charge in [0.2, 0.25) is 0 Å². The minimum atomic E-state index is -0.616. The van der Waals surface area contributed by atoms with Crippen molar-refractivity contribution >= 4 is 0 Å². The monoisotopic (exact) mass is 113 g/mol. The smallest absolute Gasteiger partial charge is 0.112 e. The molecule has 4 atom stereocenters. The molecule has 0 aromatic rings. The van der Waals surface area contributed by atoms with Gasteiger partial charge in [0.25, 0.3) is 0 Å². The van der Waals surface area contributed by atoms with E-state index in [9.17, 15) is 4.39 Å². The van der Waals surface area contributed by atoms with Crippen LogP contribution in [0.15, 0.2) is 12.2 Å². The molecule has 2 rings (SSSR count). The van der Waals surface area contributed by atoms with Crippen molar-refractivity contribution in [3.05, 3.63) is 12.2 Å². The third-order valence-corrected chi connectivity index (χ3v) is 2.04. The lowest BCUT2D eigenvalue weighted by Gasteiger charge is -1.96. The van der Waals surface area contributed by atoms with E-state index in [0.29, 0.717) is 0 Å². The zero-order chi connectivity index (χ0) is 5.72. The molecule has 2 heteroatoms. The fourth-order valence-corrected chi connectivity index (χ4v) is 1.41. The van der Waals surface area contributed by atoms with Crippen LogP contribution >= 0.6 is 0 Å². The normalized spacial score (nSPS) is 58.8. The highest BCUT2D eigenvalue weighted by Gasteiger charge is 2.55. The number of hydrogen-bond acceptors (Lipinski definition) is 1. The molecule has 2 N–H and O–H groups in total. The van der Waals surface area contributed by atoms with Crippen LogP contribution in [0.4, 0.5) is 4.39 Å². The van der Waals surface area contributed by atoms with Gasteiger partial charge in [-0.1, -0.05) is 12.2 Å². The number of nitrogens with two attached hydrogens (primary N) is 1. The van der Waals surface area contributed by atoms with Gasteiger partial charge in [-0.25, -0.2) is 4.39 Å². The highest BCUT2D eigenvalue weighted by atomic mass is 19.1. The first-order chi connectivity index (χ1) is 3.80. The highest BCUT2D eigenvalue weighted by molar-refractivity contribution is 5.24. The molecule has 0 unspecified atom stereocenters. The van der Waals surface area contributed by atoms with E-state index < -0.39 is 6.17 Å². The second kappa shape index (κ2) is 1.13. The van der Waals surface area contributed by atoms with E-state index in [0.717, 1.165) is 0 Å². The Bertz CT molecular complexity index is 141. The van der Waals surface area contributed by atoms with E-state index in [4.69, 9.17) is 5.73 Å². The van der Waals surface area contributed by atoms with E-state index in [-0.39, 0.29) is 17.9 Å². The lowest BCUT2D eigenvalue weighted by Crippen LogP contribution is -2.18. The second-order valence-corrected chi connectivity index (χ2v) is 2.56. The van der Waals surface area contributed by atoms with E-state index in [1.165, 1.54) is 0 Å². The van der Waals surface area contributed by atoms with Gasteiger partial charge in [-0.15, -0.1) is 0 Å². The average Bonchev–Trinajstić information content (AvgIpc) is 2.13.